The van der Waals surface area contributed by atoms with Gasteiger partial charge in [-0.3, -0.25) is 0 Å². The van der Waals surface area contributed by atoms with Gasteiger partial charge in [-0.05, 0) is 18.2 Å². The van der Waals surface area contributed by atoms with Gasteiger partial charge in [0.25, 0.3) is 10.2 Å². The number of hydrogen-bond donors (Lipinski definition) is 2. The molecule has 1 heterocycles. The van der Waals surface area contributed by atoms with Crippen molar-refractivity contribution in [3.8, 4) is 0 Å². The van der Waals surface area contributed by atoms with Crippen LogP contribution in [-0.4, -0.2) is 25.6 Å². The molecule has 3 aromatic rings. The summed E-state index contributed by atoms with van der Waals surface area (Å²) in [6.07, 6.45) is 0. The minimum Gasteiger partial charge on any atom is -0.328 e. The van der Waals surface area contributed by atoms with Gasteiger partial charge in [0.15, 0.2) is 0 Å². The third-order valence-corrected chi connectivity index (χ3v) is 2.43. The molecule has 9 nitrogen and oxygen atoms in total. The van der Waals surface area contributed by atoms with Gasteiger partial charge in [0, 0.05) is 10.8 Å². The summed E-state index contributed by atoms with van der Waals surface area (Å²) in [5, 5.41) is 29.7. The molecule has 0 fully saturated rings. The monoisotopic (exact) mass is 305 g/mol. The summed E-state index contributed by atoms with van der Waals surface area (Å²) in [5.74, 6) is 0. The molecule has 9 heteroatoms. The Morgan fingerprint density at radius 2 is 1.09 bits per heavy atom. The number of pyridine rings is 1. The molecule has 0 aliphatic heterocycles. The Morgan fingerprint density at radius 3 is 1.45 bits per heavy atom. The molecule has 1 aromatic heterocycles. The number of para-hydroxylation sites is 2. The SMILES string of the molecule is O=[N+]([O-])O.O=[N+]([O-])O.c1ccc2nc3ccccc3cc2c1. The topological polar surface area (TPSA) is 140 Å². The lowest BCUT2D eigenvalue weighted by Crippen LogP contribution is -1.81. The number of fused-ring (bicyclic) bond motifs is 2. The summed E-state index contributed by atoms with van der Waals surface area (Å²) in [7, 11) is 0. The second kappa shape index (κ2) is 7.94. The van der Waals surface area contributed by atoms with E-state index in [1.807, 2.05) is 36.4 Å². The Kier molecular flexibility index (Phi) is 5.98. The van der Waals surface area contributed by atoms with Crippen LogP contribution in [-0.2, 0) is 0 Å². The Labute approximate surface area is 123 Å². The third kappa shape index (κ3) is 5.65. The summed E-state index contributed by atoms with van der Waals surface area (Å²) >= 11 is 0. The Morgan fingerprint density at radius 1 is 0.773 bits per heavy atom. The molecule has 2 N–H and O–H groups in total. The molecule has 0 unspecified atom stereocenters. The van der Waals surface area contributed by atoms with Crippen LogP contribution in [0.25, 0.3) is 21.8 Å². The highest BCUT2D eigenvalue weighted by Crippen LogP contribution is 2.18. The van der Waals surface area contributed by atoms with Gasteiger partial charge in [-0.1, -0.05) is 36.4 Å². The first-order valence-electron chi connectivity index (χ1n) is 5.81. The van der Waals surface area contributed by atoms with Gasteiger partial charge in [-0.15, -0.1) is 20.2 Å². The highest BCUT2D eigenvalue weighted by Gasteiger charge is 1.96. The maximum absolute atomic E-state index is 8.36. The standard InChI is InChI=1S/C13H9N.2HNO3/c1-3-7-12-10(5-1)9-11-6-2-4-8-13(11)14-12;2*2-1(3)4/h1-9H;2*(H,2,3,4). The molecule has 0 aliphatic carbocycles. The van der Waals surface area contributed by atoms with E-state index in [1.54, 1.807) is 0 Å². The minimum absolute atomic E-state index is 1.06. The number of rotatable bonds is 0. The van der Waals surface area contributed by atoms with E-state index in [4.69, 9.17) is 30.6 Å². The quantitative estimate of drug-likeness (QED) is 0.369. The predicted octanol–water partition coefficient (Wildman–Crippen LogP) is 2.69. The fraction of sp³-hybridized carbons (Fsp3) is 0. The zero-order chi connectivity index (χ0) is 16.5. The largest absolute Gasteiger partial charge is 0.328 e. The van der Waals surface area contributed by atoms with E-state index in [-0.39, 0.29) is 0 Å². The predicted molar refractivity (Wildman–Crippen MR) is 76.8 cm³/mol. The van der Waals surface area contributed by atoms with Crippen LogP contribution in [0.4, 0.5) is 0 Å². The van der Waals surface area contributed by atoms with Gasteiger partial charge in [0.2, 0.25) is 0 Å². The molecule has 0 amide bonds. The summed E-state index contributed by atoms with van der Waals surface area (Å²) in [5.41, 5.74) is 2.12. The lowest BCUT2D eigenvalue weighted by Gasteiger charge is -1.99. The highest BCUT2D eigenvalue weighted by molar-refractivity contribution is 5.92. The zero-order valence-electron chi connectivity index (χ0n) is 11.1. The lowest BCUT2D eigenvalue weighted by molar-refractivity contribution is -0.742. The molecule has 0 saturated carbocycles. The van der Waals surface area contributed by atoms with E-state index < -0.39 is 10.2 Å². The molecule has 0 bridgehead atoms. The second-order valence-electron chi connectivity index (χ2n) is 3.85. The highest BCUT2D eigenvalue weighted by atomic mass is 16.9. The van der Waals surface area contributed by atoms with Crippen molar-refractivity contribution >= 4 is 21.8 Å². The van der Waals surface area contributed by atoms with Gasteiger partial charge in [0.1, 0.15) is 0 Å². The average Bonchev–Trinajstić information content (AvgIpc) is 2.44. The van der Waals surface area contributed by atoms with Crippen LogP contribution in [0.15, 0.2) is 54.6 Å². The molecule has 0 saturated heterocycles. The lowest BCUT2D eigenvalue weighted by atomic mass is 10.1. The Bertz CT molecular complexity index is 668. The van der Waals surface area contributed by atoms with Crippen molar-refractivity contribution < 1.29 is 20.6 Å². The average molecular weight is 305 g/mol. The van der Waals surface area contributed by atoms with E-state index in [1.165, 1.54) is 10.8 Å². The molecular formula is C13H11N3O6. The maximum atomic E-state index is 8.36. The number of nitrogens with zero attached hydrogens (tertiary/aromatic N) is 3. The molecule has 0 atom stereocenters. The Balaban J connectivity index is 0.000000257. The van der Waals surface area contributed by atoms with Gasteiger partial charge in [-0.2, -0.15) is 0 Å². The van der Waals surface area contributed by atoms with Crippen molar-refractivity contribution in [1.82, 2.24) is 4.98 Å². The van der Waals surface area contributed by atoms with Crippen LogP contribution in [0.2, 0.25) is 0 Å². The maximum Gasteiger partial charge on any atom is 0.291 e. The van der Waals surface area contributed by atoms with Gasteiger partial charge < -0.3 is 10.4 Å². The van der Waals surface area contributed by atoms with Gasteiger partial charge >= 0.3 is 0 Å². The van der Waals surface area contributed by atoms with E-state index in [9.17, 15) is 0 Å². The molecule has 2 aromatic carbocycles. The number of benzene rings is 2. The smallest absolute Gasteiger partial charge is 0.291 e. The van der Waals surface area contributed by atoms with Crippen molar-refractivity contribution in [1.29, 1.82) is 0 Å². The zero-order valence-corrected chi connectivity index (χ0v) is 11.1. The van der Waals surface area contributed by atoms with Crippen LogP contribution in [0, 0.1) is 20.2 Å². The summed E-state index contributed by atoms with van der Waals surface area (Å²) < 4.78 is 0. The van der Waals surface area contributed by atoms with Crippen molar-refractivity contribution in [3.63, 3.8) is 0 Å². The minimum atomic E-state index is -1.50. The van der Waals surface area contributed by atoms with Crippen LogP contribution < -0.4 is 0 Å². The van der Waals surface area contributed by atoms with Crippen molar-refractivity contribution in [2.24, 2.45) is 0 Å². The van der Waals surface area contributed by atoms with Crippen LogP contribution in [0.5, 0.6) is 0 Å². The fourth-order valence-electron chi connectivity index (χ4n) is 1.72. The normalized spacial score (nSPS) is 9.09. The third-order valence-electron chi connectivity index (χ3n) is 2.43. The molecule has 22 heavy (non-hydrogen) atoms. The second-order valence-corrected chi connectivity index (χ2v) is 3.85. The van der Waals surface area contributed by atoms with E-state index in [0.29, 0.717) is 0 Å². The van der Waals surface area contributed by atoms with E-state index >= 15 is 0 Å². The van der Waals surface area contributed by atoms with E-state index in [2.05, 4.69) is 23.2 Å². The van der Waals surface area contributed by atoms with Crippen LogP contribution in [0.1, 0.15) is 0 Å². The molecule has 0 radical (unpaired) electrons. The van der Waals surface area contributed by atoms with Gasteiger partial charge in [0.05, 0.1) is 11.0 Å². The van der Waals surface area contributed by atoms with Crippen molar-refractivity contribution in [2.75, 3.05) is 0 Å². The summed E-state index contributed by atoms with van der Waals surface area (Å²) in [6, 6.07) is 18.6. The fourth-order valence-corrected chi connectivity index (χ4v) is 1.72. The Hall–Kier alpha value is -3.49. The van der Waals surface area contributed by atoms with Crippen molar-refractivity contribution in [3.05, 3.63) is 74.8 Å². The van der Waals surface area contributed by atoms with Crippen molar-refractivity contribution in [2.45, 2.75) is 0 Å². The number of hydrogen-bond acceptors (Lipinski definition) is 5. The first kappa shape index (κ1) is 16.6. The first-order valence-corrected chi connectivity index (χ1v) is 5.81. The molecule has 3 rings (SSSR count). The van der Waals surface area contributed by atoms with Crippen LogP contribution >= 0.6 is 0 Å². The summed E-state index contributed by atoms with van der Waals surface area (Å²) in [6.45, 7) is 0. The molecule has 114 valence electrons. The van der Waals surface area contributed by atoms with E-state index in [0.717, 1.165) is 11.0 Å². The first-order chi connectivity index (χ1) is 10.4. The van der Waals surface area contributed by atoms with Gasteiger partial charge in [-0.25, -0.2) is 4.98 Å². The molecule has 0 spiro atoms. The molecular weight excluding hydrogens is 294 g/mol. The molecule has 0 aliphatic rings. The number of aromatic nitrogens is 1. The summed E-state index contributed by atoms with van der Waals surface area (Å²) in [4.78, 5) is 21.3. The van der Waals surface area contributed by atoms with Crippen LogP contribution in [0.3, 0.4) is 0 Å².